The predicted molar refractivity (Wildman–Crippen MR) is 77.9 cm³/mol. The number of rotatable bonds is 2. The van der Waals surface area contributed by atoms with Gasteiger partial charge in [-0.2, -0.15) is 0 Å². The van der Waals surface area contributed by atoms with E-state index in [1.165, 1.54) is 0 Å². The monoisotopic (exact) mass is 335 g/mol. The Bertz CT molecular complexity index is 559. The quantitative estimate of drug-likeness (QED) is 0.474. The lowest BCUT2D eigenvalue weighted by molar-refractivity contribution is -0.112. The first-order chi connectivity index (χ1) is 9.62. The normalized spacial score (nSPS) is 31.1. The maximum Gasteiger partial charge on any atom is 0.415 e. The Morgan fingerprint density at radius 2 is 2.10 bits per heavy atom. The first-order valence-corrected chi connectivity index (χ1v) is 7.29. The number of ether oxygens (including phenoxy) is 1. The summed E-state index contributed by atoms with van der Waals surface area (Å²) in [5.74, 6) is 0.696. The van der Waals surface area contributed by atoms with Crippen molar-refractivity contribution in [3.05, 3.63) is 42.5 Å². The van der Waals surface area contributed by atoms with Gasteiger partial charge in [0.2, 0.25) is 0 Å². The molecule has 1 aromatic rings. The van der Waals surface area contributed by atoms with E-state index in [0.29, 0.717) is 18.7 Å². The van der Waals surface area contributed by atoms with Crippen LogP contribution in [0.25, 0.3) is 0 Å². The van der Waals surface area contributed by atoms with Crippen molar-refractivity contribution in [1.82, 2.24) is 4.90 Å². The van der Waals surface area contributed by atoms with Crippen molar-refractivity contribution in [2.75, 3.05) is 6.54 Å². The highest BCUT2D eigenvalue weighted by Crippen LogP contribution is 2.42. The fraction of sp³-hybridized carbons (Fsp3) is 0.333. The number of amides is 1. The number of aldehydes is 1. The van der Waals surface area contributed by atoms with E-state index in [-0.39, 0.29) is 12.0 Å². The standard InChI is InChI=1S/C15H14BrNO3/c16-15(10-18)8-11-6-7-13(15)17(9-11)14(19)20-12-4-2-1-3-5-12/h1-7,10-11,13H,8-9H2/t11-,13+,15+/m1/s1. The van der Waals surface area contributed by atoms with Crippen LogP contribution in [-0.2, 0) is 4.79 Å². The fourth-order valence-electron chi connectivity index (χ4n) is 2.82. The molecule has 0 aromatic heterocycles. The molecule has 0 saturated carbocycles. The number of nitrogens with zero attached hydrogens (tertiary/aromatic N) is 1. The molecule has 4 rings (SSSR count). The van der Waals surface area contributed by atoms with Crippen LogP contribution in [0.2, 0.25) is 0 Å². The van der Waals surface area contributed by atoms with Gasteiger partial charge in [-0.3, -0.25) is 4.90 Å². The zero-order chi connectivity index (χ0) is 14.2. The van der Waals surface area contributed by atoms with Gasteiger partial charge in [0, 0.05) is 6.54 Å². The van der Waals surface area contributed by atoms with Crippen molar-refractivity contribution in [2.45, 2.75) is 16.8 Å². The number of halogens is 1. The Balaban J connectivity index is 1.79. The van der Waals surface area contributed by atoms with Crippen LogP contribution in [0.1, 0.15) is 6.42 Å². The third-order valence-corrected chi connectivity index (χ3v) is 4.76. The first-order valence-electron chi connectivity index (χ1n) is 6.49. The largest absolute Gasteiger partial charge is 0.415 e. The van der Waals surface area contributed by atoms with E-state index >= 15 is 0 Å². The van der Waals surface area contributed by atoms with E-state index in [9.17, 15) is 9.59 Å². The van der Waals surface area contributed by atoms with E-state index in [4.69, 9.17) is 4.74 Å². The SMILES string of the molecule is O=C[C@@]1(Br)C[C@H]2C=C[C@@H]1N(C(=O)Oc1ccccc1)C2. The van der Waals surface area contributed by atoms with Gasteiger partial charge < -0.3 is 9.53 Å². The van der Waals surface area contributed by atoms with E-state index < -0.39 is 10.4 Å². The van der Waals surface area contributed by atoms with Gasteiger partial charge in [0.25, 0.3) is 0 Å². The van der Waals surface area contributed by atoms with Crippen molar-refractivity contribution in [1.29, 1.82) is 0 Å². The minimum Gasteiger partial charge on any atom is -0.410 e. The Kier molecular flexibility index (Phi) is 3.38. The van der Waals surface area contributed by atoms with Gasteiger partial charge in [0.1, 0.15) is 16.4 Å². The molecule has 0 spiro atoms. The molecular formula is C15H14BrNO3. The van der Waals surface area contributed by atoms with E-state index in [0.717, 1.165) is 6.29 Å². The lowest BCUT2D eigenvalue weighted by Gasteiger charge is -2.48. The molecule has 1 aromatic carbocycles. The van der Waals surface area contributed by atoms with Crippen molar-refractivity contribution < 1.29 is 14.3 Å². The molecule has 3 aliphatic rings. The van der Waals surface area contributed by atoms with Gasteiger partial charge in [-0.05, 0) is 24.5 Å². The van der Waals surface area contributed by atoms with Crippen LogP contribution < -0.4 is 4.74 Å². The van der Waals surface area contributed by atoms with Crippen molar-refractivity contribution >= 4 is 28.3 Å². The highest BCUT2D eigenvalue weighted by atomic mass is 79.9. The summed E-state index contributed by atoms with van der Waals surface area (Å²) < 4.78 is 4.67. The second-order valence-corrected chi connectivity index (χ2v) is 6.65. The molecule has 0 unspecified atom stereocenters. The average molecular weight is 336 g/mol. The summed E-state index contributed by atoms with van der Waals surface area (Å²) in [5.41, 5.74) is 0. The lowest BCUT2D eigenvalue weighted by Crippen LogP contribution is -2.60. The van der Waals surface area contributed by atoms with Crippen molar-refractivity contribution in [2.24, 2.45) is 5.92 Å². The number of hydrogen-bond donors (Lipinski definition) is 0. The third kappa shape index (κ3) is 2.26. The maximum atomic E-state index is 12.3. The van der Waals surface area contributed by atoms with E-state index in [1.807, 2.05) is 24.3 Å². The third-order valence-electron chi connectivity index (χ3n) is 3.78. The summed E-state index contributed by atoms with van der Waals surface area (Å²) in [7, 11) is 0. The number of carbonyl (C=O) groups excluding carboxylic acids is 2. The molecular weight excluding hydrogens is 322 g/mol. The van der Waals surface area contributed by atoms with E-state index in [2.05, 4.69) is 22.0 Å². The van der Waals surface area contributed by atoms with Gasteiger partial charge in [-0.25, -0.2) is 4.79 Å². The number of piperidine rings is 1. The highest BCUT2D eigenvalue weighted by Gasteiger charge is 2.49. The molecule has 4 nitrogen and oxygen atoms in total. The van der Waals surface area contributed by atoms with Crippen LogP contribution in [0.4, 0.5) is 4.79 Å². The Hall–Kier alpha value is -1.62. The number of fused-ring (bicyclic) bond motifs is 2. The summed E-state index contributed by atoms with van der Waals surface area (Å²) in [5, 5.41) is 0. The summed E-state index contributed by atoms with van der Waals surface area (Å²) in [6.07, 6.45) is 5.16. The molecule has 1 saturated heterocycles. The summed E-state index contributed by atoms with van der Waals surface area (Å²) in [6.45, 7) is 0.591. The zero-order valence-electron chi connectivity index (χ0n) is 10.7. The number of carbonyl (C=O) groups is 2. The van der Waals surface area contributed by atoms with Crippen LogP contribution in [-0.4, -0.2) is 34.2 Å². The summed E-state index contributed by atoms with van der Waals surface area (Å²) in [4.78, 5) is 25.2. The van der Waals surface area contributed by atoms with Gasteiger partial charge in [0.15, 0.2) is 0 Å². The van der Waals surface area contributed by atoms with Crippen molar-refractivity contribution in [3.8, 4) is 5.75 Å². The van der Waals surface area contributed by atoms with Crippen LogP contribution >= 0.6 is 15.9 Å². The summed E-state index contributed by atoms with van der Waals surface area (Å²) in [6, 6.07) is 8.66. The Morgan fingerprint density at radius 1 is 1.35 bits per heavy atom. The molecule has 104 valence electrons. The maximum absolute atomic E-state index is 12.3. The predicted octanol–water partition coefficient (Wildman–Crippen LogP) is 2.78. The van der Waals surface area contributed by atoms with Crippen LogP contribution in [0, 0.1) is 5.92 Å². The number of alkyl halides is 1. The zero-order valence-corrected chi connectivity index (χ0v) is 12.3. The molecule has 2 bridgehead atoms. The molecule has 0 N–H and O–H groups in total. The molecule has 1 fully saturated rings. The molecule has 2 heterocycles. The second-order valence-electron chi connectivity index (χ2n) is 5.17. The van der Waals surface area contributed by atoms with Crippen LogP contribution in [0.3, 0.4) is 0 Å². The van der Waals surface area contributed by atoms with Crippen LogP contribution in [0.15, 0.2) is 42.5 Å². The van der Waals surface area contributed by atoms with Crippen molar-refractivity contribution in [3.63, 3.8) is 0 Å². The highest BCUT2D eigenvalue weighted by molar-refractivity contribution is 9.10. The number of benzene rings is 1. The summed E-state index contributed by atoms with van der Waals surface area (Å²) >= 11 is 3.48. The number of para-hydroxylation sites is 1. The molecule has 2 aliphatic heterocycles. The second kappa shape index (κ2) is 5.05. The average Bonchev–Trinajstić information content (AvgIpc) is 2.48. The smallest absolute Gasteiger partial charge is 0.410 e. The van der Waals surface area contributed by atoms with Gasteiger partial charge in [-0.15, -0.1) is 0 Å². The molecule has 1 aliphatic carbocycles. The molecule has 0 radical (unpaired) electrons. The molecule has 3 atom stereocenters. The van der Waals surface area contributed by atoms with Gasteiger partial charge in [-0.1, -0.05) is 46.3 Å². The van der Waals surface area contributed by atoms with Gasteiger partial charge >= 0.3 is 6.09 Å². The minimum absolute atomic E-state index is 0.188. The topological polar surface area (TPSA) is 46.6 Å². The van der Waals surface area contributed by atoms with Gasteiger partial charge in [0.05, 0.1) is 6.04 Å². The lowest BCUT2D eigenvalue weighted by atomic mass is 9.78. The Labute approximate surface area is 125 Å². The van der Waals surface area contributed by atoms with E-state index in [1.54, 1.807) is 17.0 Å². The fourth-order valence-corrected chi connectivity index (χ4v) is 3.64. The molecule has 1 amide bonds. The first kappa shape index (κ1) is 13.4. The van der Waals surface area contributed by atoms with Crippen LogP contribution in [0.5, 0.6) is 5.75 Å². The Morgan fingerprint density at radius 3 is 2.75 bits per heavy atom. The minimum atomic E-state index is -0.694. The molecule has 20 heavy (non-hydrogen) atoms. The number of hydrogen-bond acceptors (Lipinski definition) is 3. The molecule has 5 heteroatoms.